The number of aryl methyl sites for hydroxylation is 1. The Labute approximate surface area is 97.3 Å². The fraction of sp³-hybridized carbons (Fsp3) is 0.500. The number of para-hydroxylation sites is 1. The van der Waals surface area contributed by atoms with Crippen LogP contribution in [0.3, 0.4) is 0 Å². The van der Waals surface area contributed by atoms with Crippen LogP contribution in [0.25, 0.3) is 0 Å². The molecular weight excluding hydrogens is 206 g/mol. The Hall–Kier alpha value is -0.670. The quantitative estimate of drug-likeness (QED) is 0.750. The number of likely N-dealkylation sites (N-methyl/N-ethyl adjacent to an activating group) is 1. The zero-order valence-corrected chi connectivity index (χ0v) is 10.2. The van der Waals surface area contributed by atoms with Crippen molar-refractivity contribution >= 4 is 18.3 Å². The Morgan fingerprint density at radius 1 is 1.40 bits per heavy atom. The van der Waals surface area contributed by atoms with Gasteiger partial charge in [-0.1, -0.05) is 18.2 Å². The van der Waals surface area contributed by atoms with Gasteiger partial charge in [0.25, 0.3) is 0 Å². The number of hydrogen-bond donors (Lipinski definition) is 2. The first-order valence-electron chi connectivity index (χ1n) is 5.28. The highest BCUT2D eigenvalue weighted by molar-refractivity contribution is 7.80. The molecule has 1 rings (SSSR count). The number of nitrogens with zero attached hydrogens (tertiary/aromatic N) is 1. The summed E-state index contributed by atoms with van der Waals surface area (Å²) in [5.41, 5.74) is 2.44. The molecule has 84 valence electrons. The lowest BCUT2D eigenvalue weighted by atomic mass is 10.1. The molecule has 0 spiro atoms. The molecule has 0 radical (unpaired) electrons. The van der Waals surface area contributed by atoms with Crippen LogP contribution >= 0.6 is 12.6 Å². The molecule has 0 amide bonds. The zero-order chi connectivity index (χ0) is 11.3. The SMILES string of the molecule is CCN(CC(O)CS)c1ccccc1C. The summed E-state index contributed by atoms with van der Waals surface area (Å²) in [5.74, 6) is 0.502. The van der Waals surface area contributed by atoms with Crippen LogP contribution in [-0.2, 0) is 0 Å². The van der Waals surface area contributed by atoms with E-state index >= 15 is 0 Å². The van der Waals surface area contributed by atoms with Crippen molar-refractivity contribution in [3.05, 3.63) is 29.8 Å². The van der Waals surface area contributed by atoms with Gasteiger partial charge in [0.2, 0.25) is 0 Å². The van der Waals surface area contributed by atoms with Gasteiger partial charge < -0.3 is 10.0 Å². The van der Waals surface area contributed by atoms with Crippen molar-refractivity contribution in [3.8, 4) is 0 Å². The van der Waals surface area contributed by atoms with E-state index in [1.54, 1.807) is 0 Å². The van der Waals surface area contributed by atoms with Crippen molar-refractivity contribution in [1.82, 2.24) is 0 Å². The summed E-state index contributed by atoms with van der Waals surface area (Å²) < 4.78 is 0. The van der Waals surface area contributed by atoms with Crippen LogP contribution in [0.5, 0.6) is 0 Å². The monoisotopic (exact) mass is 225 g/mol. The molecule has 1 atom stereocenters. The van der Waals surface area contributed by atoms with Crippen molar-refractivity contribution in [1.29, 1.82) is 0 Å². The predicted molar refractivity (Wildman–Crippen MR) is 68.9 cm³/mol. The number of aliphatic hydroxyl groups excluding tert-OH is 1. The third-order valence-electron chi connectivity index (χ3n) is 2.48. The molecule has 0 fully saturated rings. The average molecular weight is 225 g/mol. The predicted octanol–water partition coefficient (Wildman–Crippen LogP) is 2.11. The summed E-state index contributed by atoms with van der Waals surface area (Å²) in [6.07, 6.45) is -0.368. The molecule has 0 aliphatic carbocycles. The van der Waals surface area contributed by atoms with Crippen LogP contribution in [0.2, 0.25) is 0 Å². The highest BCUT2D eigenvalue weighted by atomic mass is 32.1. The largest absolute Gasteiger partial charge is 0.390 e. The first kappa shape index (κ1) is 12.4. The molecule has 0 bridgehead atoms. The molecule has 0 saturated carbocycles. The van der Waals surface area contributed by atoms with Crippen molar-refractivity contribution in [2.75, 3.05) is 23.7 Å². The van der Waals surface area contributed by atoms with Crippen molar-refractivity contribution < 1.29 is 5.11 Å². The average Bonchev–Trinajstić information content (AvgIpc) is 2.26. The molecule has 15 heavy (non-hydrogen) atoms. The third-order valence-corrected chi connectivity index (χ3v) is 2.90. The highest BCUT2D eigenvalue weighted by Crippen LogP contribution is 2.19. The van der Waals surface area contributed by atoms with Crippen LogP contribution < -0.4 is 4.90 Å². The Bertz CT molecular complexity index is 303. The lowest BCUT2D eigenvalue weighted by Gasteiger charge is -2.26. The molecule has 1 aromatic carbocycles. The van der Waals surface area contributed by atoms with Crippen molar-refractivity contribution in [2.24, 2.45) is 0 Å². The highest BCUT2D eigenvalue weighted by Gasteiger charge is 2.10. The second kappa shape index (κ2) is 6.03. The molecule has 0 aliphatic heterocycles. The van der Waals surface area contributed by atoms with Gasteiger partial charge in [0.15, 0.2) is 0 Å². The Kier molecular flexibility index (Phi) is 4.99. The molecule has 0 aliphatic rings. The summed E-state index contributed by atoms with van der Waals surface area (Å²) in [5, 5.41) is 9.59. The normalized spacial score (nSPS) is 12.5. The fourth-order valence-electron chi connectivity index (χ4n) is 1.63. The third kappa shape index (κ3) is 3.43. The fourth-order valence-corrected chi connectivity index (χ4v) is 1.74. The smallest absolute Gasteiger partial charge is 0.0802 e. The van der Waals surface area contributed by atoms with E-state index in [-0.39, 0.29) is 6.10 Å². The van der Waals surface area contributed by atoms with Crippen molar-refractivity contribution in [3.63, 3.8) is 0 Å². The summed E-state index contributed by atoms with van der Waals surface area (Å²) >= 11 is 4.09. The van der Waals surface area contributed by atoms with Gasteiger partial charge in [-0.25, -0.2) is 0 Å². The van der Waals surface area contributed by atoms with Gasteiger partial charge in [-0.2, -0.15) is 12.6 Å². The van der Waals surface area contributed by atoms with Gasteiger partial charge in [-0.3, -0.25) is 0 Å². The lowest BCUT2D eigenvalue weighted by molar-refractivity contribution is 0.205. The van der Waals surface area contributed by atoms with Gasteiger partial charge >= 0.3 is 0 Å². The van der Waals surface area contributed by atoms with Crippen LogP contribution in [0.15, 0.2) is 24.3 Å². The van der Waals surface area contributed by atoms with Crippen LogP contribution in [-0.4, -0.2) is 30.1 Å². The van der Waals surface area contributed by atoms with E-state index in [2.05, 4.69) is 43.5 Å². The molecule has 3 heteroatoms. The topological polar surface area (TPSA) is 23.5 Å². The molecule has 0 heterocycles. The number of hydrogen-bond acceptors (Lipinski definition) is 3. The van der Waals surface area contributed by atoms with E-state index in [0.29, 0.717) is 12.3 Å². The number of aliphatic hydroxyl groups is 1. The minimum atomic E-state index is -0.368. The number of rotatable bonds is 5. The summed E-state index contributed by atoms with van der Waals surface area (Å²) in [6.45, 7) is 5.73. The number of anilines is 1. The maximum atomic E-state index is 9.59. The Morgan fingerprint density at radius 3 is 2.60 bits per heavy atom. The standard InChI is InChI=1S/C12H19NOS/c1-3-13(8-11(14)9-15)12-7-5-4-6-10(12)2/h4-7,11,14-15H,3,8-9H2,1-2H3. The molecule has 2 nitrogen and oxygen atoms in total. The molecular formula is C12H19NOS. The maximum Gasteiger partial charge on any atom is 0.0802 e. The van der Waals surface area contributed by atoms with E-state index < -0.39 is 0 Å². The summed E-state index contributed by atoms with van der Waals surface area (Å²) in [4.78, 5) is 2.18. The molecule has 0 saturated heterocycles. The van der Waals surface area contributed by atoms with Gasteiger partial charge in [0, 0.05) is 24.5 Å². The van der Waals surface area contributed by atoms with Gasteiger partial charge in [-0.15, -0.1) is 0 Å². The van der Waals surface area contributed by atoms with Gasteiger partial charge in [0.05, 0.1) is 6.10 Å². The second-order valence-electron chi connectivity index (χ2n) is 3.66. The number of thiol groups is 1. The molecule has 0 aromatic heterocycles. The van der Waals surface area contributed by atoms with E-state index in [1.807, 2.05) is 12.1 Å². The first-order valence-corrected chi connectivity index (χ1v) is 5.91. The first-order chi connectivity index (χ1) is 7.19. The van der Waals surface area contributed by atoms with Crippen LogP contribution in [0.4, 0.5) is 5.69 Å². The van der Waals surface area contributed by atoms with Crippen LogP contribution in [0, 0.1) is 6.92 Å². The Morgan fingerprint density at radius 2 is 2.07 bits per heavy atom. The van der Waals surface area contributed by atoms with Crippen molar-refractivity contribution in [2.45, 2.75) is 20.0 Å². The number of benzene rings is 1. The van der Waals surface area contributed by atoms with Crippen LogP contribution in [0.1, 0.15) is 12.5 Å². The Balaban J connectivity index is 2.78. The maximum absolute atomic E-state index is 9.59. The molecule has 1 unspecified atom stereocenters. The zero-order valence-electron chi connectivity index (χ0n) is 9.35. The summed E-state index contributed by atoms with van der Waals surface area (Å²) in [7, 11) is 0. The van der Waals surface area contributed by atoms with Gasteiger partial charge in [0.1, 0.15) is 0 Å². The van der Waals surface area contributed by atoms with E-state index in [0.717, 1.165) is 6.54 Å². The minimum Gasteiger partial charge on any atom is -0.390 e. The van der Waals surface area contributed by atoms with E-state index in [9.17, 15) is 5.11 Å². The van der Waals surface area contributed by atoms with Gasteiger partial charge in [-0.05, 0) is 25.5 Å². The molecule has 1 aromatic rings. The lowest BCUT2D eigenvalue weighted by Crippen LogP contribution is -2.33. The minimum absolute atomic E-state index is 0.368. The van der Waals surface area contributed by atoms with E-state index in [1.165, 1.54) is 11.3 Å². The van der Waals surface area contributed by atoms with E-state index in [4.69, 9.17) is 0 Å². The molecule has 1 N–H and O–H groups in total. The second-order valence-corrected chi connectivity index (χ2v) is 4.03. The summed E-state index contributed by atoms with van der Waals surface area (Å²) in [6, 6.07) is 8.23.